The molecule has 21 heavy (non-hydrogen) atoms. The normalized spacial score (nSPS) is 15.7. The minimum absolute atomic E-state index is 0. The van der Waals surface area contributed by atoms with Crippen LogP contribution in [0.3, 0.4) is 0 Å². The number of amides is 1. The molecule has 0 unspecified atom stereocenters. The molecule has 1 N–H and O–H groups in total. The van der Waals surface area contributed by atoms with Crippen LogP contribution in [0.25, 0.3) is 0 Å². The van der Waals surface area contributed by atoms with Crippen molar-refractivity contribution in [3.05, 3.63) is 35.4 Å². The summed E-state index contributed by atoms with van der Waals surface area (Å²) in [4.78, 5) is 13.8. The van der Waals surface area contributed by atoms with Crippen molar-refractivity contribution in [3.63, 3.8) is 0 Å². The molecule has 3 nitrogen and oxygen atoms in total. The van der Waals surface area contributed by atoms with Crippen LogP contribution in [0.4, 0.5) is 8.78 Å². The third kappa shape index (κ3) is 4.38. The predicted molar refractivity (Wildman–Crippen MR) is 80.8 cm³/mol. The number of carbonyl (C=O) groups excluding carboxylic acids is 1. The van der Waals surface area contributed by atoms with E-state index in [1.165, 1.54) is 12.1 Å². The van der Waals surface area contributed by atoms with Gasteiger partial charge in [-0.1, -0.05) is 13.0 Å². The average molecular weight is 319 g/mol. The van der Waals surface area contributed by atoms with Gasteiger partial charge < -0.3 is 10.2 Å². The molecule has 1 aliphatic rings. The highest BCUT2D eigenvalue weighted by Gasteiger charge is 2.25. The van der Waals surface area contributed by atoms with Gasteiger partial charge in [-0.3, -0.25) is 4.79 Å². The van der Waals surface area contributed by atoms with Gasteiger partial charge in [0.25, 0.3) is 5.91 Å². The van der Waals surface area contributed by atoms with E-state index in [0.717, 1.165) is 32.0 Å². The van der Waals surface area contributed by atoms with Crippen molar-refractivity contribution in [2.24, 2.45) is 5.92 Å². The lowest BCUT2D eigenvalue weighted by atomic mass is 9.96. The Morgan fingerprint density at radius 1 is 1.33 bits per heavy atom. The maximum Gasteiger partial charge on any atom is 0.256 e. The fourth-order valence-electron chi connectivity index (χ4n) is 2.53. The molecule has 2 rings (SSSR count). The smallest absolute Gasteiger partial charge is 0.256 e. The van der Waals surface area contributed by atoms with Crippen LogP contribution in [0.15, 0.2) is 18.2 Å². The first-order chi connectivity index (χ1) is 9.63. The quantitative estimate of drug-likeness (QED) is 0.926. The Labute approximate surface area is 130 Å². The number of hydrogen-bond donors (Lipinski definition) is 1. The van der Waals surface area contributed by atoms with Gasteiger partial charge in [-0.15, -0.1) is 12.4 Å². The van der Waals surface area contributed by atoms with E-state index in [4.69, 9.17) is 0 Å². The molecule has 0 spiro atoms. The number of halogens is 3. The first-order valence-corrected chi connectivity index (χ1v) is 7.07. The summed E-state index contributed by atoms with van der Waals surface area (Å²) in [5.41, 5.74) is -0.171. The van der Waals surface area contributed by atoms with E-state index in [1.54, 1.807) is 4.90 Å². The molecular weight excluding hydrogens is 298 g/mol. The van der Waals surface area contributed by atoms with Gasteiger partial charge in [0.2, 0.25) is 0 Å². The first kappa shape index (κ1) is 17.9. The molecule has 1 amide bonds. The summed E-state index contributed by atoms with van der Waals surface area (Å²) in [7, 11) is 0. The lowest BCUT2D eigenvalue weighted by Crippen LogP contribution is -2.41. The zero-order valence-corrected chi connectivity index (χ0v) is 12.9. The lowest BCUT2D eigenvalue weighted by molar-refractivity contribution is 0.0684. The van der Waals surface area contributed by atoms with E-state index in [9.17, 15) is 13.6 Å². The highest BCUT2D eigenvalue weighted by atomic mass is 35.5. The molecule has 1 heterocycles. The van der Waals surface area contributed by atoms with Crippen LogP contribution in [-0.4, -0.2) is 37.0 Å². The fourth-order valence-corrected chi connectivity index (χ4v) is 2.53. The van der Waals surface area contributed by atoms with Gasteiger partial charge in [0.1, 0.15) is 0 Å². The summed E-state index contributed by atoms with van der Waals surface area (Å²) in [6.07, 6.45) is 1.80. The number of piperidine rings is 1. The van der Waals surface area contributed by atoms with E-state index in [1.807, 2.05) is 0 Å². The monoisotopic (exact) mass is 318 g/mol. The first-order valence-electron chi connectivity index (χ1n) is 7.07. The Hall–Kier alpha value is -1.20. The van der Waals surface area contributed by atoms with Crippen molar-refractivity contribution >= 4 is 18.3 Å². The Morgan fingerprint density at radius 2 is 2.00 bits per heavy atom. The molecule has 0 saturated carbocycles. The summed E-state index contributed by atoms with van der Waals surface area (Å²) >= 11 is 0. The molecule has 0 bridgehead atoms. The van der Waals surface area contributed by atoms with E-state index in [-0.39, 0.29) is 18.0 Å². The van der Waals surface area contributed by atoms with Crippen LogP contribution in [0.1, 0.15) is 30.1 Å². The number of hydrogen-bond acceptors (Lipinski definition) is 2. The predicted octanol–water partition coefficient (Wildman–Crippen LogP) is 2.85. The number of nitrogens with one attached hydrogen (secondary N) is 1. The summed E-state index contributed by atoms with van der Waals surface area (Å²) < 4.78 is 26.8. The van der Waals surface area contributed by atoms with Crippen LogP contribution in [0.2, 0.25) is 0 Å². The standard InChI is InChI=1S/C15H20F2N2O.ClH/c1-2-18-10-11-6-8-19(9-7-11)15(20)12-4-3-5-13(16)14(12)17;/h3-5,11,18H,2,6-10H2,1H3;1H. The molecule has 0 radical (unpaired) electrons. The Bertz CT molecular complexity index is 477. The topological polar surface area (TPSA) is 32.3 Å². The van der Waals surface area contributed by atoms with Crippen molar-refractivity contribution in [2.45, 2.75) is 19.8 Å². The number of benzene rings is 1. The second-order valence-corrected chi connectivity index (χ2v) is 5.14. The Kier molecular flexibility index (Phi) is 7.05. The van der Waals surface area contributed by atoms with E-state index >= 15 is 0 Å². The van der Waals surface area contributed by atoms with Gasteiger partial charge in [-0.2, -0.15) is 0 Å². The Balaban J connectivity index is 0.00000220. The molecular formula is C15H21ClF2N2O. The SMILES string of the molecule is CCNCC1CCN(C(=O)c2cccc(F)c2F)CC1.Cl. The van der Waals surface area contributed by atoms with Crippen molar-refractivity contribution in [2.75, 3.05) is 26.2 Å². The van der Waals surface area contributed by atoms with Crippen molar-refractivity contribution in [1.82, 2.24) is 10.2 Å². The molecule has 1 aromatic carbocycles. The third-order valence-corrected chi connectivity index (χ3v) is 3.77. The van der Waals surface area contributed by atoms with Gasteiger partial charge in [0.15, 0.2) is 11.6 Å². The Morgan fingerprint density at radius 3 is 2.62 bits per heavy atom. The molecule has 118 valence electrons. The highest BCUT2D eigenvalue weighted by Crippen LogP contribution is 2.20. The minimum atomic E-state index is -1.05. The van der Waals surface area contributed by atoms with Crippen LogP contribution in [0, 0.1) is 17.6 Å². The summed E-state index contributed by atoms with van der Waals surface area (Å²) in [6, 6.07) is 3.73. The van der Waals surface area contributed by atoms with Crippen LogP contribution < -0.4 is 5.32 Å². The maximum absolute atomic E-state index is 13.6. The number of carbonyl (C=O) groups is 1. The maximum atomic E-state index is 13.6. The fraction of sp³-hybridized carbons (Fsp3) is 0.533. The zero-order chi connectivity index (χ0) is 14.5. The summed E-state index contributed by atoms with van der Waals surface area (Å²) in [5, 5.41) is 3.30. The number of nitrogens with zero attached hydrogens (tertiary/aromatic N) is 1. The highest BCUT2D eigenvalue weighted by molar-refractivity contribution is 5.94. The van der Waals surface area contributed by atoms with Gasteiger partial charge in [0.05, 0.1) is 5.56 Å². The molecule has 0 atom stereocenters. The van der Waals surface area contributed by atoms with Crippen molar-refractivity contribution in [1.29, 1.82) is 0 Å². The molecule has 1 aliphatic heterocycles. The second-order valence-electron chi connectivity index (χ2n) is 5.14. The zero-order valence-electron chi connectivity index (χ0n) is 12.1. The second kappa shape index (κ2) is 8.29. The van der Waals surface area contributed by atoms with Crippen LogP contribution in [-0.2, 0) is 0 Å². The van der Waals surface area contributed by atoms with Gasteiger partial charge in [-0.05, 0) is 44.0 Å². The summed E-state index contributed by atoms with van der Waals surface area (Å²) in [6.45, 7) is 5.15. The third-order valence-electron chi connectivity index (χ3n) is 3.77. The van der Waals surface area contributed by atoms with E-state index < -0.39 is 17.5 Å². The van der Waals surface area contributed by atoms with Crippen molar-refractivity contribution < 1.29 is 13.6 Å². The van der Waals surface area contributed by atoms with E-state index in [2.05, 4.69) is 12.2 Å². The summed E-state index contributed by atoms with van der Waals surface area (Å²) in [5.74, 6) is -1.88. The molecule has 0 aliphatic carbocycles. The van der Waals surface area contributed by atoms with Crippen LogP contribution >= 0.6 is 12.4 Å². The number of rotatable bonds is 4. The molecule has 1 aromatic rings. The minimum Gasteiger partial charge on any atom is -0.339 e. The lowest BCUT2D eigenvalue weighted by Gasteiger charge is -2.32. The van der Waals surface area contributed by atoms with Gasteiger partial charge >= 0.3 is 0 Å². The molecule has 0 aromatic heterocycles. The van der Waals surface area contributed by atoms with Gasteiger partial charge in [-0.25, -0.2) is 8.78 Å². The largest absolute Gasteiger partial charge is 0.339 e. The average Bonchev–Trinajstić information content (AvgIpc) is 2.48. The van der Waals surface area contributed by atoms with Crippen LogP contribution in [0.5, 0.6) is 0 Å². The molecule has 1 fully saturated rings. The molecule has 1 saturated heterocycles. The van der Waals surface area contributed by atoms with Gasteiger partial charge in [0, 0.05) is 13.1 Å². The van der Waals surface area contributed by atoms with E-state index in [0.29, 0.717) is 19.0 Å². The number of likely N-dealkylation sites (tertiary alicyclic amines) is 1. The molecule has 6 heteroatoms. The van der Waals surface area contributed by atoms with Crippen molar-refractivity contribution in [3.8, 4) is 0 Å².